The van der Waals surface area contributed by atoms with Gasteiger partial charge in [0, 0.05) is 81.7 Å². The largest absolute Gasteiger partial charge is 0.346 e. The van der Waals surface area contributed by atoms with Gasteiger partial charge in [-0.3, -0.25) is 14.5 Å². The van der Waals surface area contributed by atoms with E-state index in [2.05, 4.69) is 134 Å². The number of aryl methyl sites for hydroxylation is 3. The molecule has 0 saturated carbocycles. The molecule has 2 heterocycles. The van der Waals surface area contributed by atoms with E-state index in [9.17, 15) is 9.59 Å². The number of pyridine rings is 1. The van der Waals surface area contributed by atoms with Crippen LogP contribution in [0.5, 0.6) is 0 Å². The van der Waals surface area contributed by atoms with Crippen LogP contribution >= 0.6 is 21.6 Å². The second-order valence-corrected chi connectivity index (χ2v) is 16.8. The molecule has 0 fully saturated rings. The molecule has 0 spiro atoms. The lowest BCUT2D eigenvalue weighted by atomic mass is 10.1. The van der Waals surface area contributed by atoms with Crippen LogP contribution in [-0.2, 0) is 16.1 Å². The smallest absolute Gasteiger partial charge is 0.222 e. The summed E-state index contributed by atoms with van der Waals surface area (Å²) in [5.74, 6) is 2.38. The molecule has 53 heavy (non-hydrogen) atoms. The van der Waals surface area contributed by atoms with Crippen LogP contribution in [-0.4, -0.2) is 66.8 Å². The Labute approximate surface area is 327 Å². The molecule has 2 aromatic carbocycles. The van der Waals surface area contributed by atoms with Gasteiger partial charge in [0.2, 0.25) is 11.8 Å². The SMILES string of the molecule is Cc1ccc(/C=C/C2=C[NH+](CCCCN(C)C(=O)CCCSSCCCC(=O)N(C)CCCC[n+]3ccc(/C=C/c4ccc(C)cc4)cc3)C=C2)cc1. The Morgan fingerprint density at radius 3 is 1.68 bits per heavy atom. The molecule has 2 amide bonds. The highest BCUT2D eigenvalue weighted by molar-refractivity contribution is 8.76. The Bertz CT molecular complexity index is 1660. The number of nitrogens with one attached hydrogen (secondary N) is 1. The number of hydrogen-bond donors (Lipinski definition) is 1. The molecular formula is C45H60N4O2S2+2. The summed E-state index contributed by atoms with van der Waals surface area (Å²) >= 11 is 0. The molecule has 4 rings (SSSR count). The molecule has 1 unspecified atom stereocenters. The summed E-state index contributed by atoms with van der Waals surface area (Å²) in [6, 6.07) is 21.4. The number of nitrogens with zero attached hydrogens (tertiary/aromatic N) is 3. The first kappa shape index (κ1) is 41.9. The Morgan fingerprint density at radius 1 is 0.642 bits per heavy atom. The summed E-state index contributed by atoms with van der Waals surface area (Å²) in [5.41, 5.74) is 7.40. The average molecular weight is 753 g/mol. The number of carbonyl (C=O) groups excluding carboxylic acids is 2. The van der Waals surface area contributed by atoms with Gasteiger partial charge in [-0.1, -0.05) is 99.5 Å². The van der Waals surface area contributed by atoms with Gasteiger partial charge in [0.25, 0.3) is 0 Å². The fraction of sp³-hybridized carbons (Fsp3) is 0.400. The summed E-state index contributed by atoms with van der Waals surface area (Å²) in [7, 11) is 7.49. The molecule has 1 atom stereocenters. The van der Waals surface area contributed by atoms with Crippen molar-refractivity contribution in [3.05, 3.63) is 131 Å². The molecule has 0 bridgehead atoms. The number of rotatable bonds is 23. The van der Waals surface area contributed by atoms with E-state index in [0.29, 0.717) is 12.8 Å². The molecule has 3 aromatic rings. The Hall–Kier alpha value is -3.85. The molecule has 6 nitrogen and oxygen atoms in total. The quantitative estimate of drug-likeness (QED) is 0.0604. The summed E-state index contributed by atoms with van der Waals surface area (Å²) in [5, 5.41) is 0. The summed E-state index contributed by atoms with van der Waals surface area (Å²) in [6.07, 6.45) is 26.6. The van der Waals surface area contributed by atoms with E-state index in [1.807, 2.05) is 45.5 Å². The number of hydrogen-bond acceptors (Lipinski definition) is 4. The fourth-order valence-corrected chi connectivity index (χ4v) is 8.05. The Morgan fingerprint density at radius 2 is 1.13 bits per heavy atom. The standard InChI is InChI=1S/C45H59N4O2S2/c1-38-13-17-40(18-14-38)21-22-42-25-32-48(33-26-42)30-7-5-28-46(3)44(50)11-9-35-52-53-36-10-12-45(51)47(4)29-6-8-31-49-34-27-43(37-49)24-23-41-19-15-39(2)16-20-41/h13-27,32-34,37H,5-12,28-31,35-36H2,1-4H3/q+1/p+1/b22-21+,24-23+. The lowest BCUT2D eigenvalue weighted by molar-refractivity contribution is -0.787. The highest BCUT2D eigenvalue weighted by Gasteiger charge is 2.12. The van der Waals surface area contributed by atoms with Gasteiger partial charge in [-0.05, 0) is 68.7 Å². The van der Waals surface area contributed by atoms with Crippen LogP contribution in [0.2, 0.25) is 0 Å². The van der Waals surface area contributed by atoms with Crippen LogP contribution in [0, 0.1) is 13.8 Å². The predicted molar refractivity (Wildman–Crippen MR) is 227 cm³/mol. The summed E-state index contributed by atoms with van der Waals surface area (Å²) in [6.45, 7) is 7.81. The number of quaternary nitrogens is 1. The number of aromatic nitrogens is 1. The third-order valence-corrected chi connectivity index (χ3v) is 12.0. The molecule has 0 saturated heterocycles. The lowest BCUT2D eigenvalue weighted by Crippen LogP contribution is -3.01. The van der Waals surface area contributed by atoms with Crippen LogP contribution in [0.15, 0.2) is 103 Å². The molecule has 0 radical (unpaired) electrons. The molecule has 0 aliphatic carbocycles. The average Bonchev–Trinajstić information content (AvgIpc) is 3.63. The van der Waals surface area contributed by atoms with Crippen LogP contribution in [0.4, 0.5) is 0 Å². The van der Waals surface area contributed by atoms with Crippen molar-refractivity contribution in [1.29, 1.82) is 0 Å². The molecule has 282 valence electrons. The first-order valence-corrected chi connectivity index (χ1v) is 21.7. The summed E-state index contributed by atoms with van der Waals surface area (Å²) < 4.78 is 2.21. The third-order valence-electron chi connectivity index (χ3n) is 9.39. The fourth-order valence-electron chi connectivity index (χ4n) is 5.88. The number of carbonyl (C=O) groups is 2. The van der Waals surface area contributed by atoms with Crippen molar-refractivity contribution in [1.82, 2.24) is 9.80 Å². The van der Waals surface area contributed by atoms with Crippen LogP contribution in [0.1, 0.15) is 79.2 Å². The molecule has 1 N–H and O–H groups in total. The predicted octanol–water partition coefficient (Wildman–Crippen LogP) is 8.19. The maximum atomic E-state index is 12.6. The van der Waals surface area contributed by atoms with Crippen molar-refractivity contribution >= 4 is 51.6 Å². The zero-order valence-electron chi connectivity index (χ0n) is 32.3. The monoisotopic (exact) mass is 752 g/mol. The Balaban J connectivity index is 0.943. The van der Waals surface area contributed by atoms with Crippen molar-refractivity contribution < 1.29 is 19.1 Å². The first-order valence-electron chi connectivity index (χ1n) is 19.2. The first-order chi connectivity index (χ1) is 25.7. The van der Waals surface area contributed by atoms with E-state index < -0.39 is 0 Å². The van der Waals surface area contributed by atoms with E-state index in [-0.39, 0.29) is 11.8 Å². The number of amides is 2. The third kappa shape index (κ3) is 16.8. The molecule has 1 aromatic heterocycles. The zero-order valence-corrected chi connectivity index (χ0v) is 34.0. The van der Waals surface area contributed by atoms with Crippen LogP contribution in [0.25, 0.3) is 18.2 Å². The van der Waals surface area contributed by atoms with E-state index in [4.69, 9.17) is 0 Å². The van der Waals surface area contributed by atoms with E-state index in [0.717, 1.165) is 76.2 Å². The van der Waals surface area contributed by atoms with Gasteiger partial charge in [-0.15, -0.1) is 0 Å². The van der Waals surface area contributed by atoms with Crippen molar-refractivity contribution in [2.24, 2.45) is 0 Å². The highest BCUT2D eigenvalue weighted by atomic mass is 33.1. The Kier molecular flexibility index (Phi) is 18.8. The number of allylic oxidation sites excluding steroid dienone is 3. The minimum atomic E-state index is 0.229. The second kappa shape index (κ2) is 23.7. The van der Waals surface area contributed by atoms with Crippen LogP contribution in [0.3, 0.4) is 0 Å². The van der Waals surface area contributed by atoms with Crippen molar-refractivity contribution in [3.8, 4) is 0 Å². The van der Waals surface area contributed by atoms with Gasteiger partial charge < -0.3 is 9.80 Å². The lowest BCUT2D eigenvalue weighted by Gasteiger charge is -2.17. The van der Waals surface area contributed by atoms with E-state index >= 15 is 0 Å². The van der Waals surface area contributed by atoms with Crippen LogP contribution < -0.4 is 9.47 Å². The molecule has 1 aliphatic heterocycles. The number of benzene rings is 2. The molecule has 8 heteroatoms. The molecular weight excluding hydrogens is 693 g/mol. The van der Waals surface area contributed by atoms with Crippen molar-refractivity contribution in [3.63, 3.8) is 0 Å². The van der Waals surface area contributed by atoms with Gasteiger partial charge in [0.05, 0.1) is 12.7 Å². The zero-order chi connectivity index (χ0) is 37.7. The normalized spacial score (nSPS) is 14.0. The molecule has 1 aliphatic rings. The van der Waals surface area contributed by atoms with Gasteiger partial charge >= 0.3 is 0 Å². The van der Waals surface area contributed by atoms with Gasteiger partial charge in [-0.25, -0.2) is 4.57 Å². The minimum absolute atomic E-state index is 0.229. The maximum absolute atomic E-state index is 12.6. The van der Waals surface area contributed by atoms with E-state index in [1.165, 1.54) is 38.3 Å². The minimum Gasteiger partial charge on any atom is -0.346 e. The van der Waals surface area contributed by atoms with E-state index in [1.54, 1.807) is 0 Å². The van der Waals surface area contributed by atoms with Gasteiger partial charge in [0.1, 0.15) is 12.7 Å². The maximum Gasteiger partial charge on any atom is 0.222 e. The second-order valence-electron chi connectivity index (χ2n) is 14.1. The number of unbranched alkanes of at least 4 members (excludes halogenated alkanes) is 2. The summed E-state index contributed by atoms with van der Waals surface area (Å²) in [4.78, 5) is 30.3. The van der Waals surface area contributed by atoms with Gasteiger partial charge in [-0.2, -0.15) is 0 Å². The van der Waals surface area contributed by atoms with Crippen molar-refractivity contribution in [2.75, 3.05) is 45.2 Å². The highest BCUT2D eigenvalue weighted by Crippen LogP contribution is 2.24. The topological polar surface area (TPSA) is 48.9 Å². The van der Waals surface area contributed by atoms with Gasteiger partial charge in [0.15, 0.2) is 12.4 Å². The van der Waals surface area contributed by atoms with Crippen molar-refractivity contribution in [2.45, 2.75) is 71.8 Å².